The fourth-order valence-corrected chi connectivity index (χ4v) is 2.54. The molecule has 0 bridgehead atoms. The molecule has 0 amide bonds. The molecular formula is C13H19ClFNO2S. The third-order valence-corrected chi connectivity index (χ3v) is 4.48. The van der Waals surface area contributed by atoms with Crippen LogP contribution < -0.4 is 4.72 Å². The summed E-state index contributed by atoms with van der Waals surface area (Å²) in [4.78, 5) is 0. The van der Waals surface area contributed by atoms with Gasteiger partial charge in [-0.25, -0.2) is 4.39 Å². The van der Waals surface area contributed by atoms with E-state index in [2.05, 4.69) is 4.72 Å². The number of benzene rings is 1. The van der Waals surface area contributed by atoms with Gasteiger partial charge in [0.1, 0.15) is 10.6 Å². The van der Waals surface area contributed by atoms with Crippen molar-refractivity contribution in [2.45, 2.75) is 38.0 Å². The van der Waals surface area contributed by atoms with Gasteiger partial charge in [0.05, 0.1) is 11.1 Å². The van der Waals surface area contributed by atoms with Crippen LogP contribution >= 0.6 is 11.6 Å². The second kappa shape index (κ2) is 6.90. The highest BCUT2D eigenvalue weighted by atomic mass is 35.5. The molecule has 0 aliphatic carbocycles. The minimum Gasteiger partial charge on any atom is -0.598 e. The number of nitrogens with one attached hydrogen (secondary N) is 1. The van der Waals surface area contributed by atoms with Gasteiger partial charge in [-0.3, -0.25) is 0 Å². The molecule has 0 radical (unpaired) electrons. The Morgan fingerprint density at radius 3 is 2.63 bits per heavy atom. The second-order valence-corrected chi connectivity index (χ2v) is 7.61. The lowest BCUT2D eigenvalue weighted by Gasteiger charge is -2.28. The van der Waals surface area contributed by atoms with Gasteiger partial charge >= 0.3 is 0 Å². The lowest BCUT2D eigenvalue weighted by molar-refractivity contribution is 0.271. The summed E-state index contributed by atoms with van der Waals surface area (Å²) in [5.74, 6) is -0.541. The minimum absolute atomic E-state index is 0.0174. The predicted molar refractivity (Wildman–Crippen MR) is 76.9 cm³/mol. The Morgan fingerprint density at radius 2 is 2.11 bits per heavy atom. The molecule has 0 heterocycles. The number of hydrogen-bond acceptors (Lipinski definition) is 3. The highest BCUT2D eigenvalue weighted by Crippen LogP contribution is 2.27. The maximum atomic E-state index is 14.0. The zero-order chi connectivity index (χ0) is 14.6. The standard InChI is InChI=1S/C13H19ClFNO2S/c1-13(2,3)19(18)16-11(7-8-17)9-5-4-6-10(14)12(9)15/h4-6,11,16-17H,7-8H2,1-3H3/t11?,19-/m0/s1. The Bertz CT molecular complexity index is 426. The SMILES string of the molecule is CC(C)(C)[S@+]([O-])NC(CCO)c1cccc(Cl)c1F. The summed E-state index contributed by atoms with van der Waals surface area (Å²) in [7, 11) is 0. The van der Waals surface area contributed by atoms with Gasteiger partial charge in [-0.15, -0.1) is 4.72 Å². The first-order chi connectivity index (χ1) is 8.77. The van der Waals surface area contributed by atoms with Gasteiger partial charge in [-0.2, -0.15) is 0 Å². The Labute approximate surface area is 121 Å². The van der Waals surface area contributed by atoms with E-state index in [4.69, 9.17) is 16.7 Å². The van der Waals surface area contributed by atoms with E-state index in [-0.39, 0.29) is 18.1 Å². The predicted octanol–water partition coefficient (Wildman–Crippen LogP) is 2.95. The van der Waals surface area contributed by atoms with Gasteiger partial charge < -0.3 is 9.66 Å². The van der Waals surface area contributed by atoms with Gasteiger partial charge in [-0.1, -0.05) is 23.7 Å². The minimum atomic E-state index is -1.36. The Hall–Kier alpha value is -0.330. The highest BCUT2D eigenvalue weighted by Gasteiger charge is 2.30. The van der Waals surface area contributed by atoms with E-state index in [1.807, 2.05) is 20.8 Å². The van der Waals surface area contributed by atoms with Crippen molar-refractivity contribution in [2.24, 2.45) is 0 Å². The van der Waals surface area contributed by atoms with Crippen LogP contribution in [0.1, 0.15) is 38.8 Å². The lowest BCUT2D eigenvalue weighted by atomic mass is 10.0. The molecule has 108 valence electrons. The molecule has 0 saturated carbocycles. The van der Waals surface area contributed by atoms with Crippen LogP contribution in [0.4, 0.5) is 4.39 Å². The summed E-state index contributed by atoms with van der Waals surface area (Å²) in [6.07, 6.45) is 0.263. The zero-order valence-corrected chi connectivity index (χ0v) is 12.8. The number of hydrogen-bond donors (Lipinski definition) is 2. The lowest BCUT2D eigenvalue weighted by Crippen LogP contribution is -2.41. The molecule has 1 aromatic rings. The Balaban J connectivity index is 2.97. The van der Waals surface area contributed by atoms with Crippen LogP contribution in [0.15, 0.2) is 18.2 Å². The summed E-state index contributed by atoms with van der Waals surface area (Å²) >= 11 is 4.39. The number of aliphatic hydroxyl groups excluding tert-OH is 1. The van der Waals surface area contributed by atoms with Crippen molar-refractivity contribution in [3.8, 4) is 0 Å². The van der Waals surface area contributed by atoms with Crippen LogP contribution in [-0.2, 0) is 11.4 Å². The van der Waals surface area contributed by atoms with Crippen molar-refractivity contribution < 1.29 is 14.0 Å². The first-order valence-corrected chi connectivity index (χ1v) is 7.53. The van der Waals surface area contributed by atoms with Crippen molar-refractivity contribution in [2.75, 3.05) is 6.61 Å². The summed E-state index contributed by atoms with van der Waals surface area (Å²) in [5, 5.41) is 9.10. The van der Waals surface area contributed by atoms with Crippen LogP contribution in [0, 0.1) is 5.82 Å². The van der Waals surface area contributed by atoms with Gasteiger partial charge in [0, 0.05) is 23.5 Å². The molecule has 1 unspecified atom stereocenters. The van der Waals surface area contributed by atoms with Gasteiger partial charge in [-0.05, 0) is 33.3 Å². The fraction of sp³-hybridized carbons (Fsp3) is 0.538. The van der Waals surface area contributed by atoms with E-state index >= 15 is 0 Å². The monoisotopic (exact) mass is 307 g/mol. The van der Waals surface area contributed by atoms with Crippen molar-refractivity contribution >= 4 is 23.0 Å². The largest absolute Gasteiger partial charge is 0.598 e. The topological polar surface area (TPSA) is 55.3 Å². The maximum absolute atomic E-state index is 14.0. The van der Waals surface area contributed by atoms with E-state index in [0.717, 1.165) is 0 Å². The molecule has 0 fully saturated rings. The molecular weight excluding hydrogens is 289 g/mol. The van der Waals surface area contributed by atoms with Gasteiger partial charge in [0.15, 0.2) is 0 Å². The third-order valence-electron chi connectivity index (χ3n) is 2.58. The second-order valence-electron chi connectivity index (χ2n) is 5.21. The highest BCUT2D eigenvalue weighted by molar-refractivity contribution is 7.90. The molecule has 0 saturated heterocycles. The summed E-state index contributed by atoms with van der Waals surface area (Å²) in [6.45, 7) is 5.33. The van der Waals surface area contributed by atoms with Gasteiger partial charge in [0.2, 0.25) is 0 Å². The van der Waals surface area contributed by atoms with Crippen LogP contribution in [0.2, 0.25) is 5.02 Å². The molecule has 1 rings (SSSR count). The van der Waals surface area contributed by atoms with E-state index in [9.17, 15) is 8.94 Å². The zero-order valence-electron chi connectivity index (χ0n) is 11.2. The Morgan fingerprint density at radius 1 is 1.47 bits per heavy atom. The molecule has 3 nitrogen and oxygen atoms in total. The molecule has 2 N–H and O–H groups in total. The molecule has 0 aliphatic heterocycles. The summed E-state index contributed by atoms with van der Waals surface area (Å²) < 4.78 is 28.4. The maximum Gasteiger partial charge on any atom is 0.146 e. The smallest absolute Gasteiger partial charge is 0.146 e. The first-order valence-electron chi connectivity index (χ1n) is 6.00. The number of halogens is 2. The Kier molecular flexibility index (Phi) is 6.08. The quantitative estimate of drug-likeness (QED) is 0.822. The molecule has 0 aromatic heterocycles. The van der Waals surface area contributed by atoms with E-state index < -0.39 is 28.0 Å². The fourth-order valence-electron chi connectivity index (χ4n) is 1.50. The molecule has 0 aliphatic rings. The van der Waals surface area contributed by atoms with E-state index in [0.29, 0.717) is 5.56 Å². The summed E-state index contributed by atoms with van der Waals surface area (Å²) in [6, 6.07) is 4.13. The van der Waals surface area contributed by atoms with Crippen molar-refractivity contribution in [3.05, 3.63) is 34.6 Å². The van der Waals surface area contributed by atoms with Crippen LogP contribution in [0.25, 0.3) is 0 Å². The summed E-state index contributed by atoms with van der Waals surface area (Å²) in [5.41, 5.74) is 0.319. The van der Waals surface area contributed by atoms with E-state index in [1.54, 1.807) is 12.1 Å². The number of aliphatic hydroxyl groups is 1. The molecule has 0 spiro atoms. The average molecular weight is 308 g/mol. The van der Waals surface area contributed by atoms with Crippen LogP contribution in [-0.4, -0.2) is 21.0 Å². The van der Waals surface area contributed by atoms with Crippen molar-refractivity contribution in [1.29, 1.82) is 0 Å². The first kappa shape index (κ1) is 16.7. The molecule has 6 heteroatoms. The third kappa shape index (κ3) is 4.61. The molecule has 1 aromatic carbocycles. The van der Waals surface area contributed by atoms with E-state index in [1.165, 1.54) is 6.07 Å². The number of rotatable bonds is 5. The molecule has 19 heavy (non-hydrogen) atoms. The molecule has 2 atom stereocenters. The van der Waals surface area contributed by atoms with Crippen LogP contribution in [0.5, 0.6) is 0 Å². The van der Waals surface area contributed by atoms with Crippen molar-refractivity contribution in [3.63, 3.8) is 0 Å². The normalized spacial score (nSPS) is 15.3. The van der Waals surface area contributed by atoms with Crippen LogP contribution in [0.3, 0.4) is 0 Å². The average Bonchev–Trinajstić information content (AvgIpc) is 2.31. The van der Waals surface area contributed by atoms with Crippen molar-refractivity contribution in [1.82, 2.24) is 4.72 Å². The van der Waals surface area contributed by atoms with Gasteiger partial charge in [0.25, 0.3) is 0 Å².